The van der Waals surface area contributed by atoms with E-state index < -0.39 is 29.7 Å². The van der Waals surface area contributed by atoms with E-state index in [4.69, 9.17) is 28.7 Å². The van der Waals surface area contributed by atoms with Gasteiger partial charge in [-0.1, -0.05) is 18.9 Å². The van der Waals surface area contributed by atoms with Crippen LogP contribution >= 0.6 is 0 Å². The minimum absolute atomic E-state index is 0.0128. The molecule has 1 atom stereocenters. The van der Waals surface area contributed by atoms with Crippen molar-refractivity contribution in [3.63, 3.8) is 0 Å². The highest BCUT2D eigenvalue weighted by atomic mass is 16.6. The van der Waals surface area contributed by atoms with Gasteiger partial charge in [-0.2, -0.15) is 4.98 Å². The Morgan fingerprint density at radius 2 is 1.43 bits per heavy atom. The number of pyridine rings is 2. The molecular formula is C50H62N10O12. The number of piperazine rings is 1. The molecule has 3 aliphatic heterocycles. The highest BCUT2D eigenvalue weighted by molar-refractivity contribution is 6.25. The lowest BCUT2D eigenvalue weighted by Crippen LogP contribution is -2.54. The normalized spacial score (nSPS) is 17.2. The number of ketones is 1. The molecule has 0 radical (unpaired) electrons. The first-order valence-corrected chi connectivity index (χ1v) is 24.7. The Kier molecular flexibility index (Phi) is 17.6. The average molecular weight is 995 g/mol. The summed E-state index contributed by atoms with van der Waals surface area (Å²) in [7, 11) is 0. The van der Waals surface area contributed by atoms with Crippen LogP contribution in [0.2, 0.25) is 0 Å². The molecule has 72 heavy (non-hydrogen) atoms. The number of aryl methyl sites for hydroxylation is 1. The summed E-state index contributed by atoms with van der Waals surface area (Å²) in [6.07, 6.45) is 7.64. The number of anilines is 4. The molecule has 1 unspecified atom stereocenters. The van der Waals surface area contributed by atoms with Crippen LogP contribution in [-0.4, -0.2) is 169 Å². The van der Waals surface area contributed by atoms with Crippen LogP contribution in [0.1, 0.15) is 94.5 Å². The van der Waals surface area contributed by atoms with Crippen molar-refractivity contribution in [1.29, 1.82) is 0 Å². The number of nitrogens with zero attached hydrogens (tertiary/aromatic N) is 7. The molecule has 8 rings (SSSR count). The molecule has 1 aromatic carbocycles. The number of carbonyl (C=O) groups is 6. The summed E-state index contributed by atoms with van der Waals surface area (Å²) in [4.78, 5) is 108. The largest absolute Gasteiger partial charge is 0.382 e. The maximum atomic E-state index is 13.6. The van der Waals surface area contributed by atoms with Crippen LogP contribution in [0.3, 0.4) is 0 Å². The van der Waals surface area contributed by atoms with Crippen molar-refractivity contribution in [3.8, 4) is 0 Å². The number of imide groups is 2. The van der Waals surface area contributed by atoms with Crippen molar-refractivity contribution in [1.82, 2.24) is 34.6 Å². The Hall–Kier alpha value is -6.72. The molecule has 384 valence electrons. The van der Waals surface area contributed by atoms with Crippen LogP contribution in [0, 0.1) is 6.92 Å². The van der Waals surface area contributed by atoms with Crippen LogP contribution in [0.5, 0.6) is 0 Å². The molecular weight excluding hydrogens is 933 g/mol. The van der Waals surface area contributed by atoms with E-state index in [9.17, 15) is 33.6 Å². The van der Waals surface area contributed by atoms with Gasteiger partial charge in [0.2, 0.25) is 23.7 Å². The fourth-order valence-corrected chi connectivity index (χ4v) is 9.50. The molecule has 4 aliphatic rings. The lowest BCUT2D eigenvalue weighted by atomic mass is 10.0. The third-order valence-electron chi connectivity index (χ3n) is 13.2. The van der Waals surface area contributed by atoms with Crippen LogP contribution in [0.25, 0.3) is 11.0 Å². The molecule has 1 saturated carbocycles. The quantitative estimate of drug-likeness (QED) is 0.0490. The van der Waals surface area contributed by atoms with Gasteiger partial charge < -0.3 is 44.1 Å². The Labute approximate surface area is 416 Å². The molecule has 0 spiro atoms. The number of hydrogen-bond acceptors (Lipinski definition) is 18. The van der Waals surface area contributed by atoms with Gasteiger partial charge in [0.15, 0.2) is 5.78 Å². The van der Waals surface area contributed by atoms with Crippen molar-refractivity contribution >= 4 is 69.5 Å². The molecule has 3 aromatic heterocycles. The van der Waals surface area contributed by atoms with Gasteiger partial charge >= 0.3 is 0 Å². The number of hydrogen-bond donors (Lipinski definition) is 3. The zero-order valence-electron chi connectivity index (χ0n) is 40.8. The molecule has 6 heterocycles. The Bertz CT molecular complexity index is 2680. The number of amides is 5. The minimum Gasteiger partial charge on any atom is -0.382 e. The van der Waals surface area contributed by atoms with Crippen molar-refractivity contribution in [3.05, 3.63) is 75.3 Å². The molecule has 5 amide bonds. The number of ether oxygens (including phenoxy) is 5. The summed E-state index contributed by atoms with van der Waals surface area (Å²) >= 11 is 0. The van der Waals surface area contributed by atoms with Crippen molar-refractivity contribution in [2.75, 3.05) is 114 Å². The van der Waals surface area contributed by atoms with E-state index in [1.807, 2.05) is 17.0 Å². The highest BCUT2D eigenvalue weighted by Gasteiger charge is 2.45. The van der Waals surface area contributed by atoms with Gasteiger partial charge in [0.05, 0.1) is 101 Å². The first kappa shape index (κ1) is 51.6. The van der Waals surface area contributed by atoms with Crippen LogP contribution in [-0.2, 0) is 38.1 Å². The third-order valence-corrected chi connectivity index (χ3v) is 13.2. The van der Waals surface area contributed by atoms with Crippen molar-refractivity contribution in [2.24, 2.45) is 0 Å². The summed E-state index contributed by atoms with van der Waals surface area (Å²) in [6.45, 7) is 9.70. The molecule has 22 heteroatoms. The van der Waals surface area contributed by atoms with Gasteiger partial charge in [-0.3, -0.25) is 48.3 Å². The number of nitrogens with one attached hydrogen (secondary N) is 3. The standard InChI is InChI=1S/C50H62N10O12/c1-32-37-31-53-50(56-45(37)59(34-6-3-4-7-34)48(66)43(32)33(2)61)54-40-12-10-35(30-52-40)57-16-18-58(19-17-57)42(63)14-20-68-22-24-70-26-28-72-29-27-71-25-23-69-21-15-51-38-9-5-8-36-44(38)49(67)60(47(36)65)39-11-13-41(62)55-46(39)64/h5,8-10,12,30-31,34,39,51H,3-4,6-7,11,13-29H2,1-2H3,(H,55,62,64)(H,52,53,54,56). The Balaban J connectivity index is 0.627. The van der Waals surface area contributed by atoms with E-state index in [1.165, 1.54) is 6.92 Å². The number of Topliss-reactive ketones (excluding diaryl/α,β-unsaturated/α-hetero) is 1. The summed E-state index contributed by atoms with van der Waals surface area (Å²) in [6, 6.07) is 7.67. The van der Waals surface area contributed by atoms with E-state index in [1.54, 1.807) is 42.1 Å². The second kappa shape index (κ2) is 24.6. The van der Waals surface area contributed by atoms with Gasteiger partial charge in [0, 0.05) is 62.5 Å². The summed E-state index contributed by atoms with van der Waals surface area (Å²) < 4.78 is 29.6. The predicted octanol–water partition coefficient (Wildman–Crippen LogP) is 3.19. The average Bonchev–Trinajstić information content (AvgIpc) is 3.99. The molecule has 1 aliphatic carbocycles. The van der Waals surface area contributed by atoms with Crippen LogP contribution in [0.4, 0.5) is 23.1 Å². The fraction of sp³-hybridized carbons (Fsp3) is 0.520. The molecule has 3 fully saturated rings. The maximum Gasteiger partial charge on any atom is 0.264 e. The maximum absolute atomic E-state index is 13.6. The van der Waals surface area contributed by atoms with E-state index >= 15 is 0 Å². The van der Waals surface area contributed by atoms with E-state index in [0.717, 1.165) is 36.3 Å². The second-order valence-electron chi connectivity index (χ2n) is 17.9. The third kappa shape index (κ3) is 12.3. The van der Waals surface area contributed by atoms with E-state index in [2.05, 4.69) is 30.8 Å². The van der Waals surface area contributed by atoms with Crippen molar-refractivity contribution in [2.45, 2.75) is 70.9 Å². The highest BCUT2D eigenvalue weighted by Crippen LogP contribution is 2.34. The van der Waals surface area contributed by atoms with E-state index in [0.29, 0.717) is 133 Å². The summed E-state index contributed by atoms with van der Waals surface area (Å²) in [5.41, 5.74) is 2.81. The van der Waals surface area contributed by atoms with Gasteiger partial charge in [-0.05, 0) is 62.9 Å². The number of rotatable bonds is 25. The zero-order chi connectivity index (χ0) is 50.6. The van der Waals surface area contributed by atoms with Crippen LogP contribution in [0.15, 0.2) is 47.5 Å². The smallest absolute Gasteiger partial charge is 0.264 e. The number of aromatic nitrogens is 4. The zero-order valence-corrected chi connectivity index (χ0v) is 40.8. The number of benzene rings is 1. The molecule has 0 bridgehead atoms. The second-order valence-corrected chi connectivity index (χ2v) is 17.9. The van der Waals surface area contributed by atoms with Crippen molar-refractivity contribution < 1.29 is 52.5 Å². The summed E-state index contributed by atoms with van der Waals surface area (Å²) in [5.74, 6) is -1.57. The Morgan fingerprint density at radius 1 is 0.764 bits per heavy atom. The van der Waals surface area contributed by atoms with E-state index in [-0.39, 0.29) is 59.2 Å². The minimum atomic E-state index is -1.03. The Morgan fingerprint density at radius 3 is 2.07 bits per heavy atom. The monoisotopic (exact) mass is 994 g/mol. The molecule has 3 N–H and O–H groups in total. The predicted molar refractivity (Wildman–Crippen MR) is 263 cm³/mol. The SMILES string of the molecule is CC(=O)c1c(C)c2cnc(Nc3ccc(N4CCN(C(=O)CCOCCOCCOCCOCCOCCNc5cccc6c5C(=O)N(C5CCC(=O)NC5=O)C6=O)CC4)cn3)nc2n(C2CCCC2)c1=O. The molecule has 2 saturated heterocycles. The molecule has 4 aromatic rings. The number of carbonyl (C=O) groups excluding carboxylic acids is 6. The summed E-state index contributed by atoms with van der Waals surface area (Å²) in [5, 5.41) is 9.19. The van der Waals surface area contributed by atoms with Gasteiger partial charge in [-0.25, -0.2) is 9.97 Å². The lowest BCUT2D eigenvalue weighted by Gasteiger charge is -2.36. The topological polar surface area (TPSA) is 255 Å². The molecule has 22 nitrogen and oxygen atoms in total. The van der Waals surface area contributed by atoms with Gasteiger partial charge in [-0.15, -0.1) is 0 Å². The fourth-order valence-electron chi connectivity index (χ4n) is 9.50. The number of piperidine rings is 1. The first-order valence-electron chi connectivity index (χ1n) is 24.7. The first-order chi connectivity index (χ1) is 35.0. The van der Waals surface area contributed by atoms with Gasteiger partial charge in [0.25, 0.3) is 17.4 Å². The lowest BCUT2D eigenvalue weighted by molar-refractivity contribution is -0.136. The number of fused-ring (bicyclic) bond motifs is 2. The van der Waals surface area contributed by atoms with Gasteiger partial charge in [0.1, 0.15) is 17.5 Å². The van der Waals surface area contributed by atoms with Crippen LogP contribution < -0.4 is 26.4 Å².